The van der Waals surface area contributed by atoms with Gasteiger partial charge < -0.3 is 30.5 Å². The summed E-state index contributed by atoms with van der Waals surface area (Å²) < 4.78 is 5.95. The van der Waals surface area contributed by atoms with E-state index in [1.807, 2.05) is 61.3 Å². The molecule has 10 nitrogen and oxygen atoms in total. The minimum atomic E-state index is -0.223. The van der Waals surface area contributed by atoms with E-state index in [0.29, 0.717) is 35.4 Å². The van der Waals surface area contributed by atoms with E-state index in [1.165, 1.54) is 0 Å². The number of carbonyl (C=O) groups is 2. The number of rotatable bonds is 6. The maximum Gasteiger partial charge on any atom is 0.260 e. The fourth-order valence-corrected chi connectivity index (χ4v) is 4.89. The van der Waals surface area contributed by atoms with Crippen molar-refractivity contribution in [2.75, 3.05) is 53.8 Å². The fourth-order valence-electron chi connectivity index (χ4n) is 4.89. The number of nitrogens with one attached hydrogen (secondary N) is 1. The van der Waals surface area contributed by atoms with Gasteiger partial charge in [-0.2, -0.15) is 4.98 Å². The Balaban J connectivity index is 1.42. The molecule has 5 rings (SSSR count). The van der Waals surface area contributed by atoms with Crippen molar-refractivity contribution in [3.63, 3.8) is 0 Å². The summed E-state index contributed by atoms with van der Waals surface area (Å²) in [6.45, 7) is 3.96. The summed E-state index contributed by atoms with van der Waals surface area (Å²) in [5.41, 5.74) is 9.25. The van der Waals surface area contributed by atoms with E-state index in [9.17, 15) is 9.59 Å². The first kappa shape index (κ1) is 24.4. The first-order chi connectivity index (χ1) is 17.9. The molecule has 10 heteroatoms. The molecule has 192 valence electrons. The molecule has 2 aliphatic heterocycles. The van der Waals surface area contributed by atoms with Crippen LogP contribution in [0.4, 0.5) is 34.5 Å². The monoisotopic (exact) mass is 501 g/mol. The maximum absolute atomic E-state index is 13.0. The number of fused-ring (bicyclic) bond motifs is 2. The van der Waals surface area contributed by atoms with Crippen LogP contribution in [0.2, 0.25) is 0 Å². The van der Waals surface area contributed by atoms with Crippen molar-refractivity contribution >= 4 is 46.3 Å². The molecule has 0 unspecified atom stereocenters. The van der Waals surface area contributed by atoms with E-state index in [2.05, 4.69) is 15.2 Å². The largest absolute Gasteiger partial charge is 0.492 e. The van der Waals surface area contributed by atoms with Crippen LogP contribution in [-0.2, 0) is 4.79 Å². The molecular weight excluding hydrogens is 470 g/mol. The average molecular weight is 502 g/mol. The molecule has 37 heavy (non-hydrogen) atoms. The minimum absolute atomic E-state index is 0.0617. The lowest BCUT2D eigenvalue weighted by Gasteiger charge is -2.32. The Morgan fingerprint density at radius 1 is 1.11 bits per heavy atom. The molecule has 0 radical (unpaired) electrons. The summed E-state index contributed by atoms with van der Waals surface area (Å²) >= 11 is 0. The van der Waals surface area contributed by atoms with Crippen molar-refractivity contribution in [3.8, 4) is 5.75 Å². The van der Waals surface area contributed by atoms with Crippen LogP contribution in [0, 0.1) is 5.92 Å². The van der Waals surface area contributed by atoms with Gasteiger partial charge in [0.05, 0.1) is 29.7 Å². The Hall–Kier alpha value is -4.34. The van der Waals surface area contributed by atoms with Crippen LogP contribution < -0.4 is 30.5 Å². The SMILES string of the molecule is CCOc1cc(N2CCC(C(N)=O)CC2)ccc1Nc1ncc2c(n1)N(C)c1ccccc1C(=O)N2C. The number of hydrogen-bond acceptors (Lipinski definition) is 8. The van der Waals surface area contributed by atoms with Crippen LogP contribution in [0.15, 0.2) is 48.7 Å². The van der Waals surface area contributed by atoms with E-state index in [4.69, 9.17) is 15.5 Å². The van der Waals surface area contributed by atoms with Gasteiger partial charge in [-0.05, 0) is 44.0 Å². The van der Waals surface area contributed by atoms with Crippen molar-refractivity contribution in [1.82, 2.24) is 9.97 Å². The van der Waals surface area contributed by atoms with E-state index < -0.39 is 0 Å². The first-order valence-electron chi connectivity index (χ1n) is 12.4. The Labute approximate surface area is 216 Å². The summed E-state index contributed by atoms with van der Waals surface area (Å²) in [6, 6.07) is 13.4. The Morgan fingerprint density at radius 3 is 2.59 bits per heavy atom. The van der Waals surface area contributed by atoms with Gasteiger partial charge in [0.1, 0.15) is 11.4 Å². The Kier molecular flexibility index (Phi) is 6.56. The van der Waals surface area contributed by atoms with E-state index in [-0.39, 0.29) is 17.7 Å². The number of nitrogens with two attached hydrogens (primary N) is 1. The zero-order chi connectivity index (χ0) is 26.1. The summed E-state index contributed by atoms with van der Waals surface area (Å²) in [7, 11) is 3.62. The second kappa shape index (κ2) is 9.96. The molecule has 3 aromatic rings. The summed E-state index contributed by atoms with van der Waals surface area (Å²) in [5.74, 6) is 1.29. The fraction of sp³-hybridized carbons (Fsp3) is 0.333. The van der Waals surface area contributed by atoms with E-state index in [1.54, 1.807) is 18.1 Å². The van der Waals surface area contributed by atoms with Gasteiger partial charge in [0.15, 0.2) is 5.82 Å². The lowest BCUT2D eigenvalue weighted by atomic mass is 9.96. The number of hydrogen-bond donors (Lipinski definition) is 2. The van der Waals surface area contributed by atoms with Gasteiger partial charge in [0.2, 0.25) is 11.9 Å². The molecule has 0 saturated carbocycles. The molecule has 0 atom stereocenters. The standard InChI is InChI=1S/C27H31N7O3/c1-4-37-23-15-18(34-13-11-17(12-14-34)24(28)35)9-10-20(23)30-27-29-16-22-25(31-27)32(2)21-8-6-5-7-19(21)26(36)33(22)3/h5-10,15-17H,4,11-14H2,1-3H3,(H2,28,35)(H,29,30,31). The number of ether oxygens (including phenoxy) is 1. The lowest BCUT2D eigenvalue weighted by Crippen LogP contribution is -2.38. The number of primary amides is 1. The second-order valence-corrected chi connectivity index (χ2v) is 9.24. The van der Waals surface area contributed by atoms with Gasteiger partial charge in [-0.1, -0.05) is 12.1 Å². The normalized spacial score (nSPS) is 15.6. The van der Waals surface area contributed by atoms with Gasteiger partial charge in [0, 0.05) is 44.9 Å². The highest BCUT2D eigenvalue weighted by Gasteiger charge is 2.29. The average Bonchev–Trinajstić information content (AvgIpc) is 2.99. The quantitative estimate of drug-likeness (QED) is 0.525. The Morgan fingerprint density at radius 2 is 1.86 bits per heavy atom. The number of nitrogens with zero attached hydrogens (tertiary/aromatic N) is 5. The van der Waals surface area contributed by atoms with Crippen LogP contribution in [0.3, 0.4) is 0 Å². The van der Waals surface area contributed by atoms with Gasteiger partial charge in [-0.15, -0.1) is 0 Å². The summed E-state index contributed by atoms with van der Waals surface area (Å²) in [6.07, 6.45) is 3.15. The molecule has 2 aromatic carbocycles. The number of anilines is 6. The molecule has 0 bridgehead atoms. The number of benzene rings is 2. The van der Waals surface area contributed by atoms with Crippen molar-refractivity contribution < 1.29 is 14.3 Å². The molecule has 1 fully saturated rings. The van der Waals surface area contributed by atoms with Crippen LogP contribution in [0.1, 0.15) is 30.1 Å². The zero-order valence-electron chi connectivity index (χ0n) is 21.3. The highest BCUT2D eigenvalue weighted by atomic mass is 16.5. The van der Waals surface area contributed by atoms with Crippen LogP contribution in [0.5, 0.6) is 5.75 Å². The van der Waals surface area contributed by atoms with Crippen molar-refractivity contribution in [1.29, 1.82) is 0 Å². The van der Waals surface area contributed by atoms with Crippen molar-refractivity contribution in [2.45, 2.75) is 19.8 Å². The van der Waals surface area contributed by atoms with Crippen molar-refractivity contribution in [3.05, 3.63) is 54.2 Å². The molecule has 2 amide bonds. The van der Waals surface area contributed by atoms with Crippen LogP contribution in [0.25, 0.3) is 0 Å². The van der Waals surface area contributed by atoms with Crippen LogP contribution in [-0.4, -0.2) is 55.6 Å². The van der Waals surface area contributed by atoms with Gasteiger partial charge in [-0.25, -0.2) is 4.98 Å². The Bertz CT molecular complexity index is 1340. The third kappa shape index (κ3) is 4.62. The third-order valence-corrected chi connectivity index (χ3v) is 7.00. The number of amides is 2. The molecule has 1 saturated heterocycles. The lowest BCUT2D eigenvalue weighted by molar-refractivity contribution is -0.122. The molecule has 0 aliphatic carbocycles. The predicted octanol–water partition coefficient (Wildman–Crippen LogP) is 3.68. The highest BCUT2D eigenvalue weighted by molar-refractivity contribution is 6.13. The van der Waals surface area contributed by atoms with Gasteiger partial charge in [-0.3, -0.25) is 9.59 Å². The van der Waals surface area contributed by atoms with E-state index in [0.717, 1.165) is 43.0 Å². The van der Waals surface area contributed by atoms with Gasteiger partial charge in [0.25, 0.3) is 5.91 Å². The zero-order valence-corrected chi connectivity index (χ0v) is 21.3. The topological polar surface area (TPSA) is 117 Å². The molecule has 0 spiro atoms. The smallest absolute Gasteiger partial charge is 0.260 e. The summed E-state index contributed by atoms with van der Waals surface area (Å²) in [5, 5.41) is 3.29. The molecular formula is C27H31N7O3. The maximum atomic E-state index is 13.0. The third-order valence-electron chi connectivity index (χ3n) is 7.00. The highest BCUT2D eigenvalue weighted by Crippen LogP contribution is 2.39. The predicted molar refractivity (Wildman–Crippen MR) is 144 cm³/mol. The first-order valence-corrected chi connectivity index (χ1v) is 12.4. The number of aromatic nitrogens is 2. The molecule has 3 N–H and O–H groups in total. The second-order valence-electron chi connectivity index (χ2n) is 9.24. The van der Waals surface area contributed by atoms with Crippen molar-refractivity contribution in [2.24, 2.45) is 11.7 Å². The van der Waals surface area contributed by atoms with E-state index >= 15 is 0 Å². The number of carbonyl (C=O) groups excluding carboxylic acids is 2. The molecule has 2 aliphatic rings. The van der Waals surface area contributed by atoms with Gasteiger partial charge >= 0.3 is 0 Å². The minimum Gasteiger partial charge on any atom is -0.492 e. The molecule has 3 heterocycles. The summed E-state index contributed by atoms with van der Waals surface area (Å²) in [4.78, 5) is 39.5. The number of piperidine rings is 1. The van der Waals surface area contributed by atoms with Crippen LogP contribution >= 0.6 is 0 Å². The molecule has 1 aromatic heterocycles. The number of para-hydroxylation sites is 1.